The van der Waals surface area contributed by atoms with E-state index in [9.17, 15) is 9.90 Å². The van der Waals surface area contributed by atoms with E-state index in [4.69, 9.17) is 5.11 Å². The zero-order valence-corrected chi connectivity index (χ0v) is 8.84. The summed E-state index contributed by atoms with van der Waals surface area (Å²) in [6.07, 6.45) is 1.60. The molecule has 3 N–H and O–H groups in total. The number of carboxylic acid groups (broad SMARTS) is 1. The molecule has 0 saturated carbocycles. The molecule has 1 aromatic rings. The SMILES string of the molecule is O=C(O)C1(O)CCCc2[nH]nc(Br)c21. The molecule has 0 aromatic carbocycles. The molecule has 1 unspecified atom stereocenters. The summed E-state index contributed by atoms with van der Waals surface area (Å²) in [5.41, 5.74) is -0.719. The minimum Gasteiger partial charge on any atom is -0.479 e. The van der Waals surface area contributed by atoms with Gasteiger partial charge in [-0.15, -0.1) is 0 Å². The lowest BCUT2D eigenvalue weighted by molar-refractivity contribution is -0.161. The summed E-state index contributed by atoms with van der Waals surface area (Å²) in [6.45, 7) is 0. The minimum absolute atomic E-state index is 0.230. The number of aryl methyl sites for hydroxylation is 1. The fourth-order valence-corrected chi connectivity index (χ4v) is 2.47. The molecule has 1 aromatic heterocycles. The molecule has 1 heterocycles. The van der Waals surface area contributed by atoms with E-state index in [1.54, 1.807) is 0 Å². The lowest BCUT2D eigenvalue weighted by Gasteiger charge is -2.27. The molecule has 1 atom stereocenters. The average Bonchev–Trinajstić information content (AvgIpc) is 2.49. The van der Waals surface area contributed by atoms with Gasteiger partial charge in [0.25, 0.3) is 0 Å². The van der Waals surface area contributed by atoms with Crippen molar-refractivity contribution >= 4 is 21.9 Å². The fourth-order valence-electron chi connectivity index (χ4n) is 1.81. The zero-order valence-electron chi connectivity index (χ0n) is 7.25. The Morgan fingerprint density at radius 3 is 3.00 bits per heavy atom. The quantitative estimate of drug-likeness (QED) is 0.697. The van der Waals surface area contributed by atoms with Crippen molar-refractivity contribution in [2.75, 3.05) is 0 Å². The third-order valence-corrected chi connectivity index (χ3v) is 3.10. The Bertz CT molecular complexity index is 390. The van der Waals surface area contributed by atoms with Crippen molar-refractivity contribution in [1.29, 1.82) is 0 Å². The number of aliphatic carboxylic acids is 1. The Morgan fingerprint density at radius 2 is 2.36 bits per heavy atom. The van der Waals surface area contributed by atoms with E-state index < -0.39 is 11.6 Å². The maximum Gasteiger partial charge on any atom is 0.340 e. The number of carbonyl (C=O) groups is 1. The number of H-pyrrole nitrogens is 1. The number of rotatable bonds is 1. The molecule has 0 amide bonds. The van der Waals surface area contributed by atoms with Gasteiger partial charge in [0.05, 0.1) is 5.56 Å². The van der Waals surface area contributed by atoms with Gasteiger partial charge in [-0.1, -0.05) is 0 Å². The van der Waals surface area contributed by atoms with E-state index >= 15 is 0 Å². The number of nitrogens with zero attached hydrogens (tertiary/aromatic N) is 1. The molecule has 76 valence electrons. The Kier molecular flexibility index (Phi) is 2.11. The van der Waals surface area contributed by atoms with Crippen LogP contribution in [0.3, 0.4) is 0 Å². The molecular weight excluding hydrogens is 252 g/mol. The number of hydrogen-bond donors (Lipinski definition) is 3. The molecule has 5 nitrogen and oxygen atoms in total. The van der Waals surface area contributed by atoms with Crippen LogP contribution in [0.1, 0.15) is 24.1 Å². The monoisotopic (exact) mass is 260 g/mol. The number of hydrogen-bond acceptors (Lipinski definition) is 3. The molecule has 0 bridgehead atoms. The molecule has 0 spiro atoms. The molecule has 1 aliphatic carbocycles. The highest BCUT2D eigenvalue weighted by Crippen LogP contribution is 2.38. The van der Waals surface area contributed by atoms with Gasteiger partial charge in [-0.3, -0.25) is 5.10 Å². The van der Waals surface area contributed by atoms with Crippen molar-refractivity contribution in [3.8, 4) is 0 Å². The van der Waals surface area contributed by atoms with Crippen LogP contribution in [-0.2, 0) is 16.8 Å². The molecule has 0 fully saturated rings. The molecule has 0 aliphatic heterocycles. The molecule has 14 heavy (non-hydrogen) atoms. The number of halogens is 1. The first-order chi connectivity index (χ1) is 6.55. The maximum atomic E-state index is 11.0. The summed E-state index contributed by atoms with van der Waals surface area (Å²) < 4.78 is 0.386. The highest BCUT2D eigenvalue weighted by molar-refractivity contribution is 9.10. The largest absolute Gasteiger partial charge is 0.479 e. The maximum absolute atomic E-state index is 11.0. The van der Waals surface area contributed by atoms with Crippen molar-refractivity contribution in [2.45, 2.75) is 24.9 Å². The molecule has 1 aliphatic rings. The van der Waals surface area contributed by atoms with E-state index in [2.05, 4.69) is 26.1 Å². The Hall–Kier alpha value is -0.880. The predicted molar refractivity (Wildman–Crippen MR) is 50.8 cm³/mol. The number of fused-ring (bicyclic) bond motifs is 1. The van der Waals surface area contributed by atoms with Crippen LogP contribution >= 0.6 is 15.9 Å². The van der Waals surface area contributed by atoms with E-state index in [1.807, 2.05) is 0 Å². The van der Waals surface area contributed by atoms with Crippen molar-refractivity contribution < 1.29 is 15.0 Å². The molecule has 0 radical (unpaired) electrons. The van der Waals surface area contributed by atoms with Crippen molar-refractivity contribution in [3.63, 3.8) is 0 Å². The van der Waals surface area contributed by atoms with Gasteiger partial charge in [0.2, 0.25) is 0 Å². The average molecular weight is 261 g/mol. The zero-order chi connectivity index (χ0) is 10.3. The smallest absolute Gasteiger partial charge is 0.340 e. The normalized spacial score (nSPS) is 25.9. The summed E-state index contributed by atoms with van der Waals surface area (Å²) in [4.78, 5) is 11.0. The second-order valence-corrected chi connectivity index (χ2v) is 4.14. The number of carboxylic acids is 1. The Balaban J connectivity index is 2.59. The van der Waals surface area contributed by atoms with Crippen LogP contribution in [0.4, 0.5) is 0 Å². The number of aromatic amines is 1. The third kappa shape index (κ3) is 1.18. The summed E-state index contributed by atoms with van der Waals surface area (Å²) in [7, 11) is 0. The fraction of sp³-hybridized carbons (Fsp3) is 0.500. The summed E-state index contributed by atoms with van der Waals surface area (Å²) in [5, 5.41) is 25.5. The third-order valence-electron chi connectivity index (χ3n) is 2.53. The summed E-state index contributed by atoms with van der Waals surface area (Å²) >= 11 is 3.13. The van der Waals surface area contributed by atoms with Gasteiger partial charge >= 0.3 is 5.97 Å². The van der Waals surface area contributed by atoms with Crippen LogP contribution in [0.5, 0.6) is 0 Å². The van der Waals surface area contributed by atoms with Crippen molar-refractivity contribution in [2.24, 2.45) is 0 Å². The van der Waals surface area contributed by atoms with Gasteiger partial charge in [-0.05, 0) is 35.2 Å². The highest BCUT2D eigenvalue weighted by atomic mass is 79.9. The number of aromatic nitrogens is 2. The first-order valence-electron chi connectivity index (χ1n) is 4.24. The molecule has 2 rings (SSSR count). The van der Waals surface area contributed by atoms with Gasteiger partial charge in [-0.2, -0.15) is 5.10 Å². The topological polar surface area (TPSA) is 86.2 Å². The minimum atomic E-state index is -1.79. The van der Waals surface area contributed by atoms with E-state index in [0.29, 0.717) is 22.3 Å². The second-order valence-electron chi connectivity index (χ2n) is 3.39. The Morgan fingerprint density at radius 1 is 1.64 bits per heavy atom. The second kappa shape index (κ2) is 3.06. The predicted octanol–water partition coefficient (Wildman–Crippen LogP) is 0.781. The van der Waals surface area contributed by atoms with Gasteiger partial charge in [0, 0.05) is 5.69 Å². The summed E-state index contributed by atoms with van der Waals surface area (Å²) in [6, 6.07) is 0. The number of nitrogens with one attached hydrogen (secondary N) is 1. The van der Waals surface area contributed by atoms with Crippen LogP contribution in [0.2, 0.25) is 0 Å². The standard InChI is InChI=1S/C8H9BrN2O3/c9-6-5-4(10-11-6)2-1-3-8(5,14)7(12)13/h14H,1-3H2,(H,10,11)(H,12,13). The first-order valence-corrected chi connectivity index (χ1v) is 5.04. The van der Waals surface area contributed by atoms with E-state index in [1.165, 1.54) is 0 Å². The summed E-state index contributed by atoms with van der Waals surface area (Å²) in [5.74, 6) is -1.22. The molecule has 0 saturated heterocycles. The Labute approximate surface area is 88.3 Å². The van der Waals surface area contributed by atoms with Crippen LogP contribution in [0, 0.1) is 0 Å². The highest BCUT2D eigenvalue weighted by Gasteiger charge is 2.44. The van der Waals surface area contributed by atoms with Crippen LogP contribution in [0.25, 0.3) is 0 Å². The van der Waals surface area contributed by atoms with Gasteiger partial charge < -0.3 is 10.2 Å². The molecular formula is C8H9BrN2O3. The van der Waals surface area contributed by atoms with E-state index in [0.717, 1.165) is 6.42 Å². The molecule has 6 heteroatoms. The van der Waals surface area contributed by atoms with E-state index in [-0.39, 0.29) is 6.42 Å². The van der Waals surface area contributed by atoms with Gasteiger partial charge in [0.1, 0.15) is 4.60 Å². The van der Waals surface area contributed by atoms with Crippen LogP contribution in [-0.4, -0.2) is 26.4 Å². The first kappa shape index (κ1) is 9.67. The lowest BCUT2D eigenvalue weighted by Crippen LogP contribution is -2.38. The van der Waals surface area contributed by atoms with Crippen molar-refractivity contribution in [1.82, 2.24) is 10.2 Å². The lowest BCUT2D eigenvalue weighted by atomic mass is 9.83. The van der Waals surface area contributed by atoms with Gasteiger partial charge in [0.15, 0.2) is 5.60 Å². The van der Waals surface area contributed by atoms with Crippen molar-refractivity contribution in [3.05, 3.63) is 15.9 Å². The van der Waals surface area contributed by atoms with Gasteiger partial charge in [-0.25, -0.2) is 4.79 Å². The number of aliphatic hydroxyl groups is 1. The van der Waals surface area contributed by atoms with Crippen LogP contribution < -0.4 is 0 Å². The van der Waals surface area contributed by atoms with Crippen LogP contribution in [0.15, 0.2) is 4.60 Å².